The molecule has 1 fully saturated rings. The molecular formula is C39H47N3O9S. The third-order valence-electron chi connectivity index (χ3n) is 9.28. The summed E-state index contributed by atoms with van der Waals surface area (Å²) in [6.45, 7) is 2.66. The Balaban J connectivity index is 1.62. The number of carbonyl (C=O) groups is 1. The fourth-order valence-electron chi connectivity index (χ4n) is 6.30. The number of ether oxygens (including phenoxy) is 6. The number of rotatable bonds is 15. The maximum atomic E-state index is 15.2. The smallest absolute Gasteiger partial charge is 0.243 e. The maximum Gasteiger partial charge on any atom is 0.243 e. The van der Waals surface area contributed by atoms with Crippen molar-refractivity contribution in [3.05, 3.63) is 95.6 Å². The summed E-state index contributed by atoms with van der Waals surface area (Å²) in [5.74, 6) is 2.98. The molecule has 4 aromatic rings. The molecule has 1 atom stereocenters. The standard InChI is InChI=1S/C39H47N3O9S/c1-8-27-9-15-35(16-10-27)52(44,45)42-18-17-40(30-19-33(48-4)21-34(20-30)49-5)26-36(42)39(43)41(24-28-11-13-31(46-2)22-37(28)50-6)25-29-12-14-32(47-3)23-38(29)51-7/h9-16,19-23,36H,8,17-18,24-26H2,1-7H3. The van der Waals surface area contributed by atoms with Gasteiger partial charge in [0.05, 0.1) is 47.6 Å². The van der Waals surface area contributed by atoms with Crippen molar-refractivity contribution >= 4 is 21.6 Å². The van der Waals surface area contributed by atoms with Crippen molar-refractivity contribution in [2.45, 2.75) is 37.4 Å². The Morgan fingerprint density at radius 1 is 0.673 bits per heavy atom. The number of carbonyl (C=O) groups excluding carboxylic acids is 1. The van der Waals surface area contributed by atoms with Crippen molar-refractivity contribution in [1.82, 2.24) is 9.21 Å². The quantitative estimate of drug-likeness (QED) is 0.157. The maximum absolute atomic E-state index is 15.2. The number of methoxy groups -OCH3 is 6. The van der Waals surface area contributed by atoms with Gasteiger partial charge in [-0.1, -0.05) is 19.1 Å². The summed E-state index contributed by atoms with van der Waals surface area (Å²) >= 11 is 0. The lowest BCUT2D eigenvalue weighted by Gasteiger charge is -2.42. The van der Waals surface area contributed by atoms with E-state index in [0.717, 1.165) is 17.7 Å². The molecule has 1 amide bonds. The van der Waals surface area contributed by atoms with Crippen LogP contribution in [-0.4, -0.2) is 91.9 Å². The van der Waals surface area contributed by atoms with Gasteiger partial charge in [0.1, 0.15) is 40.5 Å². The topological polar surface area (TPSA) is 116 Å². The van der Waals surface area contributed by atoms with Gasteiger partial charge >= 0.3 is 0 Å². The average Bonchev–Trinajstić information content (AvgIpc) is 3.19. The Hall–Kier alpha value is -5.14. The summed E-state index contributed by atoms with van der Waals surface area (Å²) in [5.41, 5.74) is 3.16. The van der Waals surface area contributed by atoms with Gasteiger partial charge < -0.3 is 38.2 Å². The second-order valence-corrected chi connectivity index (χ2v) is 14.1. The van der Waals surface area contributed by atoms with Crippen molar-refractivity contribution in [2.24, 2.45) is 0 Å². The molecule has 0 aliphatic carbocycles. The largest absolute Gasteiger partial charge is 0.497 e. The molecule has 5 rings (SSSR count). The van der Waals surface area contributed by atoms with E-state index in [4.69, 9.17) is 28.4 Å². The van der Waals surface area contributed by atoms with Crippen LogP contribution in [0.4, 0.5) is 5.69 Å². The first-order chi connectivity index (χ1) is 25.1. The zero-order valence-corrected chi connectivity index (χ0v) is 31.6. The molecule has 278 valence electrons. The van der Waals surface area contributed by atoms with E-state index in [1.807, 2.05) is 36.1 Å². The van der Waals surface area contributed by atoms with E-state index in [0.29, 0.717) is 52.2 Å². The van der Waals surface area contributed by atoms with Crippen LogP contribution in [0.5, 0.6) is 34.5 Å². The SMILES string of the molecule is CCc1ccc(S(=O)(=O)N2CCN(c3cc(OC)cc(OC)c3)CC2C(=O)N(Cc2ccc(OC)cc2OC)Cc2ccc(OC)cc2OC)cc1. The number of benzene rings is 4. The predicted octanol–water partition coefficient (Wildman–Crippen LogP) is 5.41. The van der Waals surface area contributed by atoms with Crippen LogP contribution in [0.1, 0.15) is 23.6 Å². The summed E-state index contributed by atoms with van der Waals surface area (Å²) in [4.78, 5) is 18.9. The molecule has 1 aliphatic heterocycles. The van der Waals surface area contributed by atoms with E-state index in [9.17, 15) is 8.42 Å². The Morgan fingerprint density at radius 3 is 1.65 bits per heavy atom. The van der Waals surface area contributed by atoms with Crippen molar-refractivity contribution < 1.29 is 41.6 Å². The first-order valence-corrected chi connectivity index (χ1v) is 18.3. The van der Waals surface area contributed by atoms with Gasteiger partial charge in [-0.3, -0.25) is 4.79 Å². The Kier molecular flexibility index (Phi) is 12.4. The number of sulfonamides is 1. The van der Waals surface area contributed by atoms with E-state index in [1.54, 1.807) is 102 Å². The van der Waals surface area contributed by atoms with E-state index < -0.39 is 22.0 Å². The van der Waals surface area contributed by atoms with Gasteiger partial charge in [-0.25, -0.2) is 8.42 Å². The highest BCUT2D eigenvalue weighted by Gasteiger charge is 2.42. The van der Waals surface area contributed by atoms with Crippen molar-refractivity contribution in [3.8, 4) is 34.5 Å². The van der Waals surface area contributed by atoms with E-state index in [1.165, 1.54) is 4.31 Å². The number of anilines is 1. The third kappa shape index (κ3) is 8.32. The van der Waals surface area contributed by atoms with Gasteiger partial charge in [-0.2, -0.15) is 4.31 Å². The molecule has 52 heavy (non-hydrogen) atoms. The van der Waals surface area contributed by atoms with Gasteiger partial charge in [0.15, 0.2) is 0 Å². The molecule has 1 aliphatic rings. The van der Waals surface area contributed by atoms with Crippen LogP contribution in [0.2, 0.25) is 0 Å². The van der Waals surface area contributed by atoms with E-state index in [-0.39, 0.29) is 31.1 Å². The monoisotopic (exact) mass is 733 g/mol. The Bertz CT molecular complexity index is 1870. The van der Waals surface area contributed by atoms with Gasteiger partial charge in [0, 0.05) is 79.9 Å². The van der Waals surface area contributed by atoms with Gasteiger partial charge in [-0.05, 0) is 48.4 Å². The molecule has 0 aromatic heterocycles. The second kappa shape index (κ2) is 16.9. The number of nitrogens with zero attached hydrogens (tertiary/aromatic N) is 3. The minimum atomic E-state index is -4.11. The van der Waals surface area contributed by atoms with Crippen LogP contribution in [0, 0.1) is 0 Å². The normalized spacial score (nSPS) is 14.8. The van der Waals surface area contributed by atoms with Crippen molar-refractivity contribution in [2.75, 3.05) is 67.2 Å². The lowest BCUT2D eigenvalue weighted by Crippen LogP contribution is -2.61. The molecule has 0 bridgehead atoms. The highest BCUT2D eigenvalue weighted by molar-refractivity contribution is 7.89. The average molecular weight is 734 g/mol. The molecule has 13 heteroatoms. The van der Waals surface area contributed by atoms with Gasteiger partial charge in [0.25, 0.3) is 0 Å². The fourth-order valence-corrected chi connectivity index (χ4v) is 7.86. The highest BCUT2D eigenvalue weighted by atomic mass is 32.2. The fraction of sp³-hybridized carbons (Fsp3) is 0.359. The van der Waals surface area contributed by atoms with Gasteiger partial charge in [-0.15, -0.1) is 0 Å². The molecular weight excluding hydrogens is 687 g/mol. The lowest BCUT2D eigenvalue weighted by molar-refractivity contribution is -0.136. The van der Waals surface area contributed by atoms with Crippen LogP contribution in [0.15, 0.2) is 83.8 Å². The van der Waals surface area contributed by atoms with Crippen LogP contribution in [0.25, 0.3) is 0 Å². The molecule has 0 N–H and O–H groups in total. The summed E-state index contributed by atoms with van der Waals surface area (Å²) in [6.07, 6.45) is 0.767. The first-order valence-electron chi connectivity index (χ1n) is 16.9. The summed E-state index contributed by atoms with van der Waals surface area (Å²) in [6, 6.07) is 21.9. The number of aryl methyl sites for hydroxylation is 1. The summed E-state index contributed by atoms with van der Waals surface area (Å²) in [5, 5.41) is 0. The van der Waals surface area contributed by atoms with Crippen molar-refractivity contribution in [3.63, 3.8) is 0 Å². The number of hydrogen-bond donors (Lipinski definition) is 0. The van der Waals surface area contributed by atoms with Crippen LogP contribution in [-0.2, 0) is 34.3 Å². The molecule has 1 unspecified atom stereocenters. The molecule has 12 nitrogen and oxygen atoms in total. The lowest BCUT2D eigenvalue weighted by atomic mass is 10.1. The zero-order valence-electron chi connectivity index (χ0n) is 30.7. The van der Waals surface area contributed by atoms with E-state index in [2.05, 4.69) is 0 Å². The Labute approximate surface area is 306 Å². The predicted molar refractivity (Wildman–Crippen MR) is 199 cm³/mol. The second-order valence-electron chi connectivity index (χ2n) is 12.2. The minimum Gasteiger partial charge on any atom is -0.497 e. The molecule has 1 heterocycles. The molecule has 0 saturated carbocycles. The summed E-state index contributed by atoms with van der Waals surface area (Å²) < 4.78 is 63.6. The molecule has 1 saturated heterocycles. The van der Waals surface area contributed by atoms with E-state index >= 15 is 4.79 Å². The van der Waals surface area contributed by atoms with Gasteiger partial charge in [0.2, 0.25) is 15.9 Å². The van der Waals surface area contributed by atoms with Crippen LogP contribution in [0.3, 0.4) is 0 Å². The van der Waals surface area contributed by atoms with Crippen LogP contribution < -0.4 is 33.3 Å². The number of hydrogen-bond acceptors (Lipinski definition) is 10. The zero-order chi connectivity index (χ0) is 37.4. The highest BCUT2D eigenvalue weighted by Crippen LogP contribution is 2.34. The summed E-state index contributed by atoms with van der Waals surface area (Å²) in [7, 11) is 5.27. The van der Waals surface area contributed by atoms with Crippen molar-refractivity contribution in [1.29, 1.82) is 0 Å². The molecule has 0 radical (unpaired) electrons. The first kappa shape index (κ1) is 38.1. The minimum absolute atomic E-state index is 0.0549. The molecule has 4 aromatic carbocycles. The number of piperazine rings is 1. The molecule has 0 spiro atoms. The number of amides is 1. The van der Waals surface area contributed by atoms with Crippen LogP contribution >= 0.6 is 0 Å². The Morgan fingerprint density at radius 2 is 1.19 bits per heavy atom. The third-order valence-corrected chi connectivity index (χ3v) is 11.2.